The van der Waals surface area contributed by atoms with Crippen LogP contribution in [0.4, 0.5) is 69.2 Å². The van der Waals surface area contributed by atoms with Crippen molar-refractivity contribution in [1.82, 2.24) is 16.4 Å². The molecule has 0 fully saturated rings. The van der Waals surface area contributed by atoms with Gasteiger partial charge >= 0.3 is 0 Å². The van der Waals surface area contributed by atoms with Crippen molar-refractivity contribution in [3.8, 4) is 0 Å². The number of aryl methyl sites for hydroxylation is 2. The highest BCUT2D eigenvalue weighted by atomic mass is 127. The van der Waals surface area contributed by atoms with Gasteiger partial charge in [-0.25, -0.2) is 51.6 Å². The standard InChI is InChI=1S/C14H10ClF2IN2O2.C14H10F3IN2O2.C13H7BrF3IN2O2/c2*1-6-4-7(18)2-3-10(6)19-13-8(14(21)20-22)5-9(15)11(16)12(13)17;14-7-4-6(13(21)20-22)12(11(17)10(7)16)19-9-2-1-5(18)3-8(9)15/h2*2-5,19,22H,1H3,(H,20,21);1-4,19,22H,(H,20,21). The first kappa shape index (κ1) is 54.0. The van der Waals surface area contributed by atoms with Gasteiger partial charge in [0, 0.05) is 22.1 Å². The number of rotatable bonds is 9. The summed E-state index contributed by atoms with van der Waals surface area (Å²) in [5.41, 5.74) is 3.39. The van der Waals surface area contributed by atoms with Crippen LogP contribution in [-0.4, -0.2) is 33.3 Å². The van der Waals surface area contributed by atoms with Crippen molar-refractivity contribution >= 4 is 147 Å². The third-order valence-electron chi connectivity index (χ3n) is 8.61. The molecular formula is C41H27BrClF8I3N6O6. The fraction of sp³-hybridized carbons (Fsp3) is 0.0488. The van der Waals surface area contributed by atoms with Gasteiger partial charge in [0.15, 0.2) is 40.7 Å². The van der Waals surface area contributed by atoms with Crippen LogP contribution in [0.5, 0.6) is 0 Å². The van der Waals surface area contributed by atoms with E-state index in [9.17, 15) is 49.5 Å². The van der Waals surface area contributed by atoms with Crippen LogP contribution in [0.2, 0.25) is 5.02 Å². The number of hydrogen-bond donors (Lipinski definition) is 9. The molecule has 0 bridgehead atoms. The number of halogens is 13. The van der Waals surface area contributed by atoms with Crippen molar-refractivity contribution in [2.24, 2.45) is 0 Å². The van der Waals surface area contributed by atoms with Gasteiger partial charge in [-0.15, -0.1) is 0 Å². The number of nitrogens with one attached hydrogen (secondary N) is 6. The zero-order valence-corrected chi connectivity index (χ0v) is 41.7. The number of benzene rings is 6. The Hall–Kier alpha value is -4.59. The van der Waals surface area contributed by atoms with Gasteiger partial charge in [0.25, 0.3) is 17.7 Å². The fourth-order valence-corrected chi connectivity index (χ4v) is 7.74. The quantitative estimate of drug-likeness (QED) is 0.0224. The highest BCUT2D eigenvalue weighted by Gasteiger charge is 2.25. The van der Waals surface area contributed by atoms with Gasteiger partial charge in [-0.05, 0) is 181 Å². The first-order valence-electron chi connectivity index (χ1n) is 17.7. The van der Waals surface area contributed by atoms with Gasteiger partial charge in [-0.3, -0.25) is 30.0 Å². The maximum absolute atomic E-state index is 14.1. The molecule has 0 heterocycles. The average molecular weight is 1350 g/mol. The van der Waals surface area contributed by atoms with Crippen LogP contribution in [0.3, 0.4) is 0 Å². The molecule has 6 aromatic carbocycles. The summed E-state index contributed by atoms with van der Waals surface area (Å²) in [6, 6.07) is 16.9. The van der Waals surface area contributed by atoms with Crippen LogP contribution in [0.15, 0.2) is 77.3 Å². The van der Waals surface area contributed by atoms with E-state index in [4.69, 9.17) is 27.2 Å². The second kappa shape index (κ2) is 23.9. The molecule has 0 aliphatic rings. The predicted octanol–water partition coefficient (Wildman–Crippen LogP) is 12.6. The SMILES string of the molecule is Cc1cc(I)ccc1Nc1c(C(=O)NO)cc(Cl)c(F)c1F.Cc1cc(I)ccc1Nc1c(C(=O)NO)cc(F)c(F)c1F.O=C(NO)c1cc(Br)c(F)c(F)c1Nc1ccc(I)cc1F. The molecule has 3 amide bonds. The minimum absolute atomic E-state index is 0.145. The molecule has 0 atom stereocenters. The van der Waals surface area contributed by atoms with Crippen LogP contribution in [0.25, 0.3) is 0 Å². The smallest absolute Gasteiger partial charge is 0.276 e. The molecule has 0 unspecified atom stereocenters. The Morgan fingerprint density at radius 3 is 1.27 bits per heavy atom. The largest absolute Gasteiger partial charge is 0.352 e. The maximum Gasteiger partial charge on any atom is 0.276 e. The molecule has 12 nitrogen and oxygen atoms in total. The van der Waals surface area contributed by atoms with Gasteiger partial charge in [0.05, 0.1) is 48.9 Å². The monoisotopic (exact) mass is 1350 g/mol. The van der Waals surface area contributed by atoms with E-state index in [1.165, 1.54) is 28.6 Å². The van der Waals surface area contributed by atoms with Gasteiger partial charge < -0.3 is 16.0 Å². The zero-order chi connectivity index (χ0) is 49.3. The Morgan fingerprint density at radius 1 is 0.485 bits per heavy atom. The molecule has 0 saturated heterocycles. The van der Waals surface area contributed by atoms with Crippen LogP contribution in [0.1, 0.15) is 42.2 Å². The van der Waals surface area contributed by atoms with E-state index in [-0.39, 0.29) is 15.7 Å². The van der Waals surface area contributed by atoms with Gasteiger partial charge in [0.2, 0.25) is 0 Å². The summed E-state index contributed by atoms with van der Waals surface area (Å²) in [7, 11) is 0. The molecular weight excluding hydrogens is 1320 g/mol. The minimum atomic E-state index is -1.71. The van der Waals surface area contributed by atoms with Crippen LogP contribution < -0.4 is 32.4 Å². The van der Waals surface area contributed by atoms with E-state index in [0.717, 1.165) is 24.8 Å². The summed E-state index contributed by atoms with van der Waals surface area (Å²) < 4.78 is 112. The summed E-state index contributed by atoms with van der Waals surface area (Å²) in [5.74, 6) is -13.9. The molecule has 0 aliphatic carbocycles. The Morgan fingerprint density at radius 2 is 0.848 bits per heavy atom. The van der Waals surface area contributed by atoms with E-state index >= 15 is 0 Å². The zero-order valence-electron chi connectivity index (χ0n) is 32.9. The second-order valence-electron chi connectivity index (χ2n) is 13.0. The van der Waals surface area contributed by atoms with Gasteiger partial charge in [0.1, 0.15) is 5.82 Å². The van der Waals surface area contributed by atoms with E-state index < -0.39 is 97.5 Å². The summed E-state index contributed by atoms with van der Waals surface area (Å²) in [4.78, 5) is 34.7. The molecule has 25 heteroatoms. The lowest BCUT2D eigenvalue weighted by atomic mass is 10.1. The van der Waals surface area contributed by atoms with Crippen LogP contribution in [-0.2, 0) is 0 Å². The highest BCUT2D eigenvalue weighted by Crippen LogP contribution is 2.35. The first-order valence-corrected chi connectivity index (χ1v) is 22.1. The molecule has 0 saturated carbocycles. The summed E-state index contributed by atoms with van der Waals surface area (Å²) >= 11 is 14.4. The topological polar surface area (TPSA) is 184 Å². The Kier molecular flexibility index (Phi) is 19.6. The molecule has 9 N–H and O–H groups in total. The predicted molar refractivity (Wildman–Crippen MR) is 256 cm³/mol. The van der Waals surface area contributed by atoms with E-state index in [1.54, 1.807) is 50.2 Å². The Balaban J connectivity index is 0.000000216. The lowest BCUT2D eigenvalue weighted by molar-refractivity contribution is 0.0702. The number of hydrogen-bond acceptors (Lipinski definition) is 9. The van der Waals surface area contributed by atoms with Crippen molar-refractivity contribution in [2.75, 3.05) is 16.0 Å². The Labute approximate surface area is 422 Å². The molecule has 0 aromatic heterocycles. The second-order valence-corrected chi connectivity index (χ2v) is 18.0. The number of hydroxylamine groups is 3. The molecule has 66 heavy (non-hydrogen) atoms. The van der Waals surface area contributed by atoms with E-state index in [0.29, 0.717) is 26.6 Å². The molecule has 0 radical (unpaired) electrons. The number of carbonyl (C=O) groups excluding carboxylic acids is 3. The van der Waals surface area contributed by atoms with Gasteiger partial charge in [-0.1, -0.05) is 11.6 Å². The first-order chi connectivity index (χ1) is 31.0. The van der Waals surface area contributed by atoms with Crippen molar-refractivity contribution in [2.45, 2.75) is 13.8 Å². The highest BCUT2D eigenvalue weighted by molar-refractivity contribution is 14.1. The van der Waals surface area contributed by atoms with Crippen LogP contribution in [0, 0.1) is 71.1 Å². The average Bonchev–Trinajstić information content (AvgIpc) is 3.28. The molecule has 6 aromatic rings. The molecule has 6 rings (SSSR count). The van der Waals surface area contributed by atoms with E-state index in [1.807, 2.05) is 28.7 Å². The minimum Gasteiger partial charge on any atom is -0.352 e. The van der Waals surface area contributed by atoms with Crippen molar-refractivity contribution in [1.29, 1.82) is 0 Å². The number of carbonyl (C=O) groups is 3. The fourth-order valence-electron chi connectivity index (χ4n) is 5.40. The molecule has 0 aliphatic heterocycles. The Bertz CT molecular complexity index is 2570. The molecule has 348 valence electrons. The summed E-state index contributed by atoms with van der Waals surface area (Å²) in [6.07, 6.45) is 0. The van der Waals surface area contributed by atoms with Gasteiger partial charge in [-0.2, -0.15) is 0 Å². The number of amides is 3. The van der Waals surface area contributed by atoms with Crippen molar-refractivity contribution < 1.29 is 65.1 Å². The summed E-state index contributed by atoms with van der Waals surface area (Å²) in [6.45, 7) is 3.51. The maximum atomic E-state index is 14.1. The lowest BCUT2D eigenvalue weighted by Crippen LogP contribution is -2.21. The van der Waals surface area contributed by atoms with E-state index in [2.05, 4.69) is 77.1 Å². The van der Waals surface area contributed by atoms with Crippen molar-refractivity contribution in [3.05, 3.63) is 167 Å². The van der Waals surface area contributed by atoms with Crippen LogP contribution >= 0.6 is 95.3 Å². The summed E-state index contributed by atoms with van der Waals surface area (Å²) in [5, 5.41) is 33.1. The van der Waals surface area contributed by atoms with Crippen molar-refractivity contribution in [3.63, 3.8) is 0 Å². The molecule has 0 spiro atoms. The third-order valence-corrected chi connectivity index (χ3v) is 11.5. The normalized spacial score (nSPS) is 10.5. The lowest BCUT2D eigenvalue weighted by Gasteiger charge is -2.15. The number of anilines is 6. The third kappa shape index (κ3) is 13.1.